The predicted molar refractivity (Wildman–Crippen MR) is 164 cm³/mol. The van der Waals surface area contributed by atoms with Crippen LogP contribution in [0.1, 0.15) is 137 Å². The Balaban J connectivity index is 2.76. The van der Waals surface area contributed by atoms with E-state index in [4.69, 9.17) is 7.58 Å². The second kappa shape index (κ2) is 11.4. The number of aryl methyl sites for hydroxylation is 2. The zero-order valence-electron chi connectivity index (χ0n) is 26.8. The molecule has 2 aromatic rings. The van der Waals surface area contributed by atoms with E-state index in [1.165, 1.54) is 33.4 Å². The zero-order valence-corrected chi connectivity index (χ0v) is 28.0. The molecule has 0 spiro atoms. The van der Waals surface area contributed by atoms with E-state index >= 15 is 0 Å². The Morgan fingerprint density at radius 1 is 0.486 bits per heavy atom. The summed E-state index contributed by atoms with van der Waals surface area (Å²) in [7, 11) is 0. The van der Waals surface area contributed by atoms with Crippen LogP contribution in [0.4, 0.5) is 0 Å². The summed E-state index contributed by atoms with van der Waals surface area (Å²) in [6, 6.07) is 9.46. The molecule has 206 valence electrons. The molecule has 0 unspecified atom stereocenters. The summed E-state index contributed by atoms with van der Waals surface area (Å²) >= 11 is -2.12. The highest BCUT2D eigenvalue weighted by Gasteiger charge is 2.38. The second-order valence-electron chi connectivity index (χ2n) is 14.8. The number of hydrogen-bond acceptors (Lipinski definition) is 2. The summed E-state index contributed by atoms with van der Waals surface area (Å²) in [5.74, 6) is 2.10. The normalized spacial score (nSPS) is 13.1. The van der Waals surface area contributed by atoms with E-state index in [2.05, 4.69) is 128 Å². The van der Waals surface area contributed by atoms with Gasteiger partial charge < -0.3 is 7.58 Å². The largest absolute Gasteiger partial charge is 0.856 e. The molecule has 0 fully saturated rings. The first kappa shape index (κ1) is 31.8. The molecule has 0 radical (unpaired) electrons. The molecule has 0 saturated heterocycles. The lowest BCUT2D eigenvalue weighted by atomic mass is 9.78. The maximum Gasteiger partial charge on any atom is 0.856 e. The molecular formula is C34H55AlO2. The quantitative estimate of drug-likeness (QED) is 0.337. The molecule has 0 aliphatic carbocycles. The lowest BCUT2D eigenvalue weighted by Gasteiger charge is -2.34. The van der Waals surface area contributed by atoms with Crippen LogP contribution in [-0.4, -0.2) is 14.8 Å². The minimum atomic E-state index is -2.12. The molecule has 0 aromatic heterocycles. The third-order valence-electron chi connectivity index (χ3n) is 7.18. The van der Waals surface area contributed by atoms with Gasteiger partial charge in [0.25, 0.3) is 0 Å². The average Bonchev–Trinajstić information content (AvgIpc) is 2.75. The third-order valence-corrected chi connectivity index (χ3v) is 8.84. The van der Waals surface area contributed by atoms with Crippen molar-refractivity contribution >= 4 is 14.8 Å². The highest BCUT2D eigenvalue weighted by atomic mass is 27.2. The highest BCUT2D eigenvalue weighted by Crippen LogP contribution is 2.44. The summed E-state index contributed by atoms with van der Waals surface area (Å²) in [6.07, 6.45) is 2.04. The summed E-state index contributed by atoms with van der Waals surface area (Å²) in [4.78, 5) is 0. The molecule has 2 rings (SSSR count). The van der Waals surface area contributed by atoms with Gasteiger partial charge in [0.05, 0.1) is 11.5 Å². The lowest BCUT2D eigenvalue weighted by molar-refractivity contribution is 0.387. The fourth-order valence-corrected chi connectivity index (χ4v) is 6.14. The second-order valence-corrected chi connectivity index (χ2v) is 17.0. The minimum Gasteiger partial charge on any atom is -0.611 e. The van der Waals surface area contributed by atoms with Gasteiger partial charge in [0.1, 0.15) is 0 Å². The van der Waals surface area contributed by atoms with E-state index in [1.807, 2.05) is 0 Å². The van der Waals surface area contributed by atoms with Crippen LogP contribution in [0.5, 0.6) is 11.5 Å². The first-order valence-corrected chi connectivity index (χ1v) is 16.2. The van der Waals surface area contributed by atoms with Crippen LogP contribution in [0.25, 0.3) is 0 Å². The molecule has 0 heterocycles. The topological polar surface area (TPSA) is 18.5 Å². The molecule has 0 amide bonds. The van der Waals surface area contributed by atoms with Gasteiger partial charge in [-0.2, -0.15) is 0 Å². The van der Waals surface area contributed by atoms with Gasteiger partial charge in [0.2, 0.25) is 0 Å². The van der Waals surface area contributed by atoms with Gasteiger partial charge in [0.15, 0.2) is 0 Å². The van der Waals surface area contributed by atoms with Gasteiger partial charge in [-0.1, -0.05) is 128 Å². The monoisotopic (exact) mass is 522 g/mol. The van der Waals surface area contributed by atoms with Crippen molar-refractivity contribution in [2.45, 2.75) is 144 Å². The van der Waals surface area contributed by atoms with Gasteiger partial charge in [-0.15, -0.1) is 0 Å². The van der Waals surface area contributed by atoms with E-state index in [0.717, 1.165) is 29.6 Å². The highest BCUT2D eigenvalue weighted by molar-refractivity contribution is 6.46. The minimum absolute atomic E-state index is 0.0247. The van der Waals surface area contributed by atoms with Crippen molar-refractivity contribution in [2.75, 3.05) is 0 Å². The predicted octanol–water partition coefficient (Wildman–Crippen LogP) is 9.97. The molecular weight excluding hydrogens is 467 g/mol. The molecule has 0 aliphatic rings. The Morgan fingerprint density at radius 2 is 0.730 bits per heavy atom. The van der Waals surface area contributed by atoms with Crippen molar-refractivity contribution in [1.29, 1.82) is 0 Å². The smallest absolute Gasteiger partial charge is 0.611 e. The van der Waals surface area contributed by atoms with Gasteiger partial charge in [-0.05, 0) is 73.2 Å². The number of benzene rings is 2. The number of rotatable bonds is 7. The van der Waals surface area contributed by atoms with Crippen LogP contribution in [-0.2, 0) is 34.5 Å². The lowest BCUT2D eigenvalue weighted by Crippen LogP contribution is -2.34. The Morgan fingerprint density at radius 3 is 0.892 bits per heavy atom. The summed E-state index contributed by atoms with van der Waals surface area (Å²) in [5.41, 5.74) is 7.81. The molecule has 0 aliphatic heterocycles. The van der Waals surface area contributed by atoms with Gasteiger partial charge in [0, 0.05) is 0 Å². The Hall–Kier alpha value is -1.43. The van der Waals surface area contributed by atoms with Crippen molar-refractivity contribution in [1.82, 2.24) is 0 Å². The molecule has 37 heavy (non-hydrogen) atoms. The average molecular weight is 523 g/mol. The van der Waals surface area contributed by atoms with E-state index < -0.39 is 14.8 Å². The third kappa shape index (κ3) is 7.80. The molecule has 0 N–H and O–H groups in total. The van der Waals surface area contributed by atoms with E-state index in [-0.39, 0.29) is 21.7 Å². The zero-order chi connectivity index (χ0) is 28.6. The van der Waals surface area contributed by atoms with E-state index in [0.29, 0.717) is 0 Å². The van der Waals surface area contributed by atoms with E-state index in [1.54, 1.807) is 0 Å². The van der Waals surface area contributed by atoms with Crippen LogP contribution in [0.15, 0.2) is 24.3 Å². The molecule has 0 saturated carbocycles. The van der Waals surface area contributed by atoms with Crippen molar-refractivity contribution < 1.29 is 7.58 Å². The fraction of sp³-hybridized carbons (Fsp3) is 0.647. The first-order chi connectivity index (χ1) is 16.7. The molecule has 2 aromatic carbocycles. The van der Waals surface area contributed by atoms with Gasteiger partial charge in [-0.3, -0.25) is 0 Å². The van der Waals surface area contributed by atoms with Gasteiger partial charge >= 0.3 is 14.8 Å². The summed E-state index contributed by atoms with van der Waals surface area (Å²) < 4.78 is 14.2. The standard InChI is InChI=1S/2C16H26O.C2H5.Al/c2*1-8-11-9-12(15(2,3)4)14(17)13(10-11)16(5,6)7;1-2;/h2*9-10,17H,8H2,1-7H3;1H2,2H3;/q;;;+2/p-2. The molecule has 0 atom stereocenters. The van der Waals surface area contributed by atoms with Crippen LogP contribution in [0.3, 0.4) is 0 Å². The van der Waals surface area contributed by atoms with Crippen molar-refractivity contribution in [3.8, 4) is 11.5 Å². The summed E-state index contributed by atoms with van der Waals surface area (Å²) in [6.45, 7) is 34.2. The fourth-order valence-electron chi connectivity index (χ4n) is 4.72. The SMILES string of the molecule is CCc1cc(C(C)(C)C)c([O][Al]([CH2]C)[O]c2c(C(C)(C)C)cc(CC)cc2C(C)(C)C)c(C(C)(C)C)c1. The Labute approximate surface area is 234 Å². The maximum atomic E-state index is 7.09. The molecule has 2 nitrogen and oxygen atoms in total. The number of hydrogen-bond donors (Lipinski definition) is 0. The van der Waals surface area contributed by atoms with Crippen LogP contribution >= 0.6 is 0 Å². The van der Waals surface area contributed by atoms with E-state index in [9.17, 15) is 0 Å². The Bertz CT molecular complexity index is 913. The maximum absolute atomic E-state index is 7.09. The van der Waals surface area contributed by atoms with Crippen LogP contribution < -0.4 is 7.58 Å². The summed E-state index contributed by atoms with van der Waals surface area (Å²) in [5, 5.41) is 0.894. The van der Waals surface area contributed by atoms with Crippen LogP contribution in [0, 0.1) is 0 Å². The van der Waals surface area contributed by atoms with Crippen molar-refractivity contribution in [2.24, 2.45) is 0 Å². The van der Waals surface area contributed by atoms with Crippen LogP contribution in [0.2, 0.25) is 5.28 Å². The van der Waals surface area contributed by atoms with Gasteiger partial charge in [-0.25, -0.2) is 0 Å². The van der Waals surface area contributed by atoms with Crippen molar-refractivity contribution in [3.05, 3.63) is 57.6 Å². The Kier molecular flexibility index (Phi) is 9.76. The molecule has 3 heteroatoms. The molecule has 0 bridgehead atoms. The first-order valence-electron chi connectivity index (χ1n) is 14.4. The van der Waals surface area contributed by atoms with Crippen molar-refractivity contribution in [3.63, 3.8) is 0 Å².